The van der Waals surface area contributed by atoms with Gasteiger partial charge in [-0.05, 0) is 50.2 Å². The highest BCUT2D eigenvalue weighted by molar-refractivity contribution is 6.08. The van der Waals surface area contributed by atoms with Crippen LogP contribution >= 0.6 is 0 Å². The van der Waals surface area contributed by atoms with Gasteiger partial charge in [-0.2, -0.15) is 0 Å². The van der Waals surface area contributed by atoms with Gasteiger partial charge in [-0.1, -0.05) is 6.07 Å². The molecule has 0 spiro atoms. The van der Waals surface area contributed by atoms with E-state index in [4.69, 9.17) is 9.47 Å². The predicted molar refractivity (Wildman–Crippen MR) is 102 cm³/mol. The number of carbonyl (C=O) groups excluding carboxylic acids is 4. The van der Waals surface area contributed by atoms with Crippen LogP contribution in [0.2, 0.25) is 0 Å². The fourth-order valence-electron chi connectivity index (χ4n) is 5.07. The summed E-state index contributed by atoms with van der Waals surface area (Å²) in [6.45, 7) is 0.968. The summed E-state index contributed by atoms with van der Waals surface area (Å²) in [4.78, 5) is 51.1. The number of ether oxygens (including phenoxy) is 2. The number of methoxy groups -OCH3 is 1. The number of nitrogens with zero attached hydrogens (tertiary/aromatic N) is 1. The maximum absolute atomic E-state index is 12.8. The van der Waals surface area contributed by atoms with Gasteiger partial charge in [0, 0.05) is 11.8 Å². The van der Waals surface area contributed by atoms with Gasteiger partial charge in [0.05, 0.1) is 18.9 Å². The first kappa shape index (κ1) is 19.4. The molecule has 4 rings (SSSR count). The molecule has 5 atom stereocenters. The smallest absolute Gasteiger partial charge is 0.329 e. The molecule has 2 bridgehead atoms. The molecule has 0 unspecified atom stereocenters. The van der Waals surface area contributed by atoms with Crippen LogP contribution in [0, 0.1) is 23.7 Å². The highest BCUT2D eigenvalue weighted by Gasteiger charge is 2.62. The molecular weight excluding hydrogens is 376 g/mol. The number of imide groups is 1. The van der Waals surface area contributed by atoms with Gasteiger partial charge in [-0.3, -0.25) is 19.3 Å². The van der Waals surface area contributed by atoms with Gasteiger partial charge in [0.25, 0.3) is 5.91 Å². The van der Waals surface area contributed by atoms with Gasteiger partial charge < -0.3 is 14.8 Å². The van der Waals surface area contributed by atoms with Gasteiger partial charge in [0.2, 0.25) is 11.8 Å². The van der Waals surface area contributed by atoms with Crippen LogP contribution in [0.15, 0.2) is 24.3 Å². The molecule has 3 amide bonds. The van der Waals surface area contributed by atoms with Crippen LogP contribution < -0.4 is 10.1 Å². The summed E-state index contributed by atoms with van der Waals surface area (Å²) in [7, 11) is 1.52. The highest BCUT2D eigenvalue weighted by Crippen LogP contribution is 2.56. The van der Waals surface area contributed by atoms with Crippen LogP contribution in [0.1, 0.15) is 26.2 Å². The van der Waals surface area contributed by atoms with Crippen LogP contribution in [-0.4, -0.2) is 48.3 Å². The molecule has 1 heterocycles. The number of fused-ring (bicyclic) bond motifs is 5. The van der Waals surface area contributed by atoms with Gasteiger partial charge in [0.1, 0.15) is 11.8 Å². The van der Waals surface area contributed by atoms with E-state index in [9.17, 15) is 19.2 Å². The van der Waals surface area contributed by atoms with E-state index in [0.29, 0.717) is 11.4 Å². The highest BCUT2D eigenvalue weighted by atomic mass is 16.5. The third-order valence-electron chi connectivity index (χ3n) is 6.39. The Kier molecular flexibility index (Phi) is 5.02. The van der Waals surface area contributed by atoms with E-state index in [1.807, 2.05) is 0 Å². The van der Waals surface area contributed by atoms with Crippen LogP contribution in [0.25, 0.3) is 0 Å². The summed E-state index contributed by atoms with van der Waals surface area (Å²) >= 11 is 0. The normalized spacial score (nSPS) is 28.3. The molecule has 2 aliphatic carbocycles. The molecule has 1 aromatic rings. The van der Waals surface area contributed by atoms with Crippen LogP contribution in [0.4, 0.5) is 5.69 Å². The zero-order valence-corrected chi connectivity index (χ0v) is 16.4. The van der Waals surface area contributed by atoms with Crippen molar-refractivity contribution in [3.8, 4) is 5.75 Å². The Morgan fingerprint density at radius 3 is 2.45 bits per heavy atom. The van der Waals surface area contributed by atoms with Crippen molar-refractivity contribution >= 4 is 29.4 Å². The van der Waals surface area contributed by atoms with Crippen molar-refractivity contribution in [2.45, 2.75) is 32.2 Å². The lowest BCUT2D eigenvalue weighted by Gasteiger charge is -2.23. The summed E-state index contributed by atoms with van der Waals surface area (Å²) in [5.41, 5.74) is 0.506. The zero-order chi connectivity index (χ0) is 20.7. The standard InChI is InChI=1S/C21H24N2O6/c1-11(23-19(25)17-12-6-7-13(8-12)18(17)20(23)26)21(27)29-10-16(24)22-14-4-3-5-15(9-14)28-2/h3-5,9,11-13,17-18H,6-8,10H2,1-2H3,(H,22,24)/t11-,12-,13+,17+,18+/m1/s1. The number of hydrogen-bond acceptors (Lipinski definition) is 6. The second-order valence-corrected chi connectivity index (χ2v) is 8.00. The number of anilines is 1. The number of carbonyl (C=O) groups is 4. The zero-order valence-electron chi connectivity index (χ0n) is 16.4. The van der Waals surface area contributed by atoms with Crippen LogP contribution in [0.3, 0.4) is 0 Å². The molecule has 29 heavy (non-hydrogen) atoms. The van der Waals surface area contributed by atoms with Crippen molar-refractivity contribution in [1.29, 1.82) is 0 Å². The molecule has 1 saturated heterocycles. The van der Waals surface area contributed by atoms with Gasteiger partial charge in [0.15, 0.2) is 6.61 Å². The van der Waals surface area contributed by atoms with E-state index >= 15 is 0 Å². The average molecular weight is 400 g/mol. The number of benzene rings is 1. The average Bonchev–Trinajstić information content (AvgIpc) is 3.39. The molecule has 0 radical (unpaired) electrons. The number of rotatable bonds is 6. The Balaban J connectivity index is 1.33. The van der Waals surface area contributed by atoms with Gasteiger partial charge in [-0.25, -0.2) is 4.79 Å². The molecule has 3 fully saturated rings. The van der Waals surface area contributed by atoms with Crippen molar-refractivity contribution in [1.82, 2.24) is 4.90 Å². The Hall–Kier alpha value is -2.90. The van der Waals surface area contributed by atoms with Crippen molar-refractivity contribution in [2.24, 2.45) is 23.7 Å². The molecular formula is C21H24N2O6. The Bertz CT molecular complexity index is 840. The lowest BCUT2D eigenvalue weighted by Crippen LogP contribution is -2.45. The van der Waals surface area contributed by atoms with Crippen molar-refractivity contribution in [3.63, 3.8) is 0 Å². The largest absolute Gasteiger partial charge is 0.497 e. The molecule has 154 valence electrons. The fourth-order valence-corrected chi connectivity index (χ4v) is 5.07. The summed E-state index contributed by atoms with van der Waals surface area (Å²) in [5.74, 6) is -1.30. The van der Waals surface area contributed by atoms with E-state index in [2.05, 4.69) is 5.32 Å². The summed E-state index contributed by atoms with van der Waals surface area (Å²) in [6.07, 6.45) is 2.88. The first-order valence-electron chi connectivity index (χ1n) is 9.88. The molecule has 3 aliphatic rings. The molecule has 1 aromatic carbocycles. The second-order valence-electron chi connectivity index (χ2n) is 8.00. The van der Waals surface area contributed by atoms with E-state index in [1.165, 1.54) is 14.0 Å². The lowest BCUT2D eigenvalue weighted by molar-refractivity contribution is -0.159. The number of esters is 1. The van der Waals surface area contributed by atoms with E-state index in [-0.39, 0.29) is 35.5 Å². The monoisotopic (exact) mass is 400 g/mol. The van der Waals surface area contributed by atoms with Crippen molar-refractivity contribution < 1.29 is 28.7 Å². The molecule has 1 aliphatic heterocycles. The Morgan fingerprint density at radius 2 is 1.83 bits per heavy atom. The minimum atomic E-state index is -1.04. The number of hydrogen-bond donors (Lipinski definition) is 1. The molecule has 2 saturated carbocycles. The lowest BCUT2D eigenvalue weighted by atomic mass is 9.81. The predicted octanol–water partition coefficient (Wildman–Crippen LogP) is 1.60. The minimum absolute atomic E-state index is 0.253. The number of nitrogens with one attached hydrogen (secondary N) is 1. The molecule has 8 heteroatoms. The molecule has 1 N–H and O–H groups in total. The first-order valence-corrected chi connectivity index (χ1v) is 9.88. The third-order valence-corrected chi connectivity index (χ3v) is 6.39. The van der Waals surface area contributed by atoms with Crippen LogP contribution in [0.5, 0.6) is 5.75 Å². The third kappa shape index (κ3) is 3.36. The Labute approximate surface area is 168 Å². The maximum Gasteiger partial charge on any atom is 0.329 e. The van der Waals surface area contributed by atoms with Crippen molar-refractivity contribution in [2.75, 3.05) is 19.0 Å². The number of likely N-dealkylation sites (tertiary alicyclic amines) is 1. The fraction of sp³-hybridized carbons (Fsp3) is 0.524. The van der Waals surface area contributed by atoms with E-state index in [1.54, 1.807) is 24.3 Å². The maximum atomic E-state index is 12.8. The Morgan fingerprint density at radius 1 is 1.17 bits per heavy atom. The van der Waals surface area contributed by atoms with E-state index in [0.717, 1.165) is 24.2 Å². The second kappa shape index (κ2) is 7.50. The van der Waals surface area contributed by atoms with Crippen molar-refractivity contribution in [3.05, 3.63) is 24.3 Å². The molecule has 0 aromatic heterocycles. The van der Waals surface area contributed by atoms with Crippen LogP contribution in [-0.2, 0) is 23.9 Å². The van der Waals surface area contributed by atoms with E-state index < -0.39 is 24.5 Å². The SMILES string of the molecule is COc1cccc(NC(=O)COC(=O)[C@@H](C)N2C(=O)[C@H]3[C@@H]4CC[C@@H](C4)[C@@H]3C2=O)c1. The topological polar surface area (TPSA) is 102 Å². The molecule has 8 nitrogen and oxygen atoms in total. The van der Waals surface area contributed by atoms with Gasteiger partial charge >= 0.3 is 5.97 Å². The quantitative estimate of drug-likeness (QED) is 0.575. The summed E-state index contributed by atoms with van der Waals surface area (Å²) < 4.78 is 10.2. The first-order chi connectivity index (χ1) is 13.9. The summed E-state index contributed by atoms with van der Waals surface area (Å²) in [6, 6.07) is 5.74. The minimum Gasteiger partial charge on any atom is -0.497 e. The summed E-state index contributed by atoms with van der Waals surface area (Å²) in [5, 5.41) is 2.61. The number of amides is 3. The van der Waals surface area contributed by atoms with Gasteiger partial charge in [-0.15, -0.1) is 0 Å².